The fraction of sp³-hybridized carbons (Fsp3) is 0.471. The van der Waals surface area contributed by atoms with Gasteiger partial charge in [0.25, 0.3) is 10.0 Å². The van der Waals surface area contributed by atoms with Crippen LogP contribution in [0.1, 0.15) is 36.9 Å². The zero-order valence-electron chi connectivity index (χ0n) is 13.8. The molecule has 4 rings (SSSR count). The standard InChI is InChI=1S/C17H20FN3O2S/c1-12-15(10-19-20(12)2)24(22,23)21-11-17(8-3-4-9-17)13-6-5-7-14(18)16(13)21/h5-7,10H,3-4,8-9,11H2,1-2H3. The van der Waals surface area contributed by atoms with E-state index in [1.54, 1.807) is 20.0 Å². The van der Waals surface area contributed by atoms with Gasteiger partial charge in [-0.25, -0.2) is 12.8 Å². The highest BCUT2D eigenvalue weighted by atomic mass is 32.2. The minimum atomic E-state index is -3.84. The van der Waals surface area contributed by atoms with Gasteiger partial charge in [0.15, 0.2) is 0 Å². The molecule has 0 radical (unpaired) electrons. The van der Waals surface area contributed by atoms with Crippen LogP contribution in [0, 0.1) is 12.7 Å². The molecule has 0 unspecified atom stereocenters. The minimum Gasteiger partial charge on any atom is -0.272 e. The number of anilines is 1. The van der Waals surface area contributed by atoms with E-state index in [0.29, 0.717) is 12.2 Å². The summed E-state index contributed by atoms with van der Waals surface area (Å²) in [7, 11) is -2.14. The average molecular weight is 349 g/mol. The van der Waals surface area contributed by atoms with E-state index in [1.165, 1.54) is 21.3 Å². The molecule has 2 heterocycles. The first kappa shape index (κ1) is 15.6. The summed E-state index contributed by atoms with van der Waals surface area (Å²) in [6.07, 6.45) is 5.26. The lowest BCUT2D eigenvalue weighted by atomic mass is 9.81. The second-order valence-electron chi connectivity index (χ2n) is 6.85. The first-order valence-corrected chi connectivity index (χ1v) is 9.61. The van der Waals surface area contributed by atoms with Crippen LogP contribution in [0.15, 0.2) is 29.3 Å². The summed E-state index contributed by atoms with van der Waals surface area (Å²) in [5.41, 5.74) is 1.37. The average Bonchev–Trinajstić information content (AvgIpc) is 3.23. The smallest absolute Gasteiger partial charge is 0.267 e. The molecule has 1 aliphatic heterocycles. The molecule has 0 atom stereocenters. The number of hydrogen-bond acceptors (Lipinski definition) is 3. The predicted octanol–water partition coefficient (Wildman–Crippen LogP) is 2.89. The Bertz CT molecular complexity index is 914. The van der Waals surface area contributed by atoms with Gasteiger partial charge < -0.3 is 0 Å². The second kappa shape index (κ2) is 5.05. The molecule has 1 aromatic carbocycles. The number of aryl methyl sites for hydroxylation is 1. The molecule has 24 heavy (non-hydrogen) atoms. The Morgan fingerprint density at radius 1 is 1.25 bits per heavy atom. The van der Waals surface area contributed by atoms with Gasteiger partial charge in [-0.2, -0.15) is 5.10 Å². The summed E-state index contributed by atoms with van der Waals surface area (Å²) < 4.78 is 43.9. The van der Waals surface area contributed by atoms with Crippen LogP contribution in [0.5, 0.6) is 0 Å². The molecule has 0 N–H and O–H groups in total. The molecular weight excluding hydrogens is 329 g/mol. The van der Waals surface area contributed by atoms with Crippen molar-refractivity contribution in [2.24, 2.45) is 7.05 Å². The number of nitrogens with zero attached hydrogens (tertiary/aromatic N) is 3. The van der Waals surface area contributed by atoms with Crippen molar-refractivity contribution in [2.45, 2.75) is 42.9 Å². The van der Waals surface area contributed by atoms with Gasteiger partial charge in [-0.05, 0) is 31.4 Å². The summed E-state index contributed by atoms with van der Waals surface area (Å²) in [6, 6.07) is 4.90. The molecule has 7 heteroatoms. The Balaban J connectivity index is 1.90. The zero-order chi connectivity index (χ0) is 17.1. The Kier molecular flexibility index (Phi) is 3.29. The minimum absolute atomic E-state index is 0.147. The predicted molar refractivity (Wildman–Crippen MR) is 89.0 cm³/mol. The summed E-state index contributed by atoms with van der Waals surface area (Å²) in [6.45, 7) is 2.03. The third kappa shape index (κ3) is 1.97. The SMILES string of the molecule is Cc1c(S(=O)(=O)N2CC3(CCCC3)c3cccc(F)c32)cnn1C. The first-order chi connectivity index (χ1) is 11.4. The van der Waals surface area contributed by atoms with E-state index in [2.05, 4.69) is 5.10 Å². The molecule has 1 spiro atoms. The molecule has 0 bridgehead atoms. The molecule has 1 aliphatic carbocycles. The lowest BCUT2D eigenvalue weighted by Gasteiger charge is -2.25. The molecule has 128 valence electrons. The molecule has 2 aliphatic rings. The molecule has 1 fully saturated rings. The summed E-state index contributed by atoms with van der Waals surface area (Å²) in [5, 5.41) is 4.04. The zero-order valence-corrected chi connectivity index (χ0v) is 14.6. The Morgan fingerprint density at radius 2 is 1.96 bits per heavy atom. The monoisotopic (exact) mass is 349 g/mol. The highest BCUT2D eigenvalue weighted by Crippen LogP contribution is 2.52. The van der Waals surface area contributed by atoms with Crippen molar-refractivity contribution in [2.75, 3.05) is 10.8 Å². The molecule has 0 saturated heterocycles. The maximum Gasteiger partial charge on any atom is 0.267 e. The lowest BCUT2D eigenvalue weighted by Crippen LogP contribution is -2.36. The van der Waals surface area contributed by atoms with Crippen LogP contribution in [0.2, 0.25) is 0 Å². The Morgan fingerprint density at radius 3 is 2.58 bits per heavy atom. The van der Waals surface area contributed by atoms with Crippen LogP contribution < -0.4 is 4.31 Å². The lowest BCUT2D eigenvalue weighted by molar-refractivity contribution is 0.477. The number of sulfonamides is 1. The van der Waals surface area contributed by atoms with E-state index in [4.69, 9.17) is 0 Å². The van der Waals surface area contributed by atoms with Gasteiger partial charge in [-0.3, -0.25) is 8.99 Å². The maximum absolute atomic E-state index is 14.6. The molecule has 1 aromatic heterocycles. The van der Waals surface area contributed by atoms with Crippen LogP contribution in [0.3, 0.4) is 0 Å². The van der Waals surface area contributed by atoms with Gasteiger partial charge in [-0.1, -0.05) is 25.0 Å². The van der Waals surface area contributed by atoms with E-state index in [9.17, 15) is 12.8 Å². The maximum atomic E-state index is 14.6. The van der Waals surface area contributed by atoms with E-state index < -0.39 is 15.8 Å². The number of benzene rings is 1. The van der Waals surface area contributed by atoms with Crippen LogP contribution in [-0.4, -0.2) is 24.7 Å². The molecule has 2 aromatic rings. The van der Waals surface area contributed by atoms with Gasteiger partial charge in [0.2, 0.25) is 0 Å². The number of para-hydroxylation sites is 1. The molecule has 1 saturated carbocycles. The van der Waals surface area contributed by atoms with Crippen molar-refractivity contribution in [3.05, 3.63) is 41.5 Å². The molecular formula is C17H20FN3O2S. The van der Waals surface area contributed by atoms with Gasteiger partial charge in [0.1, 0.15) is 10.7 Å². The normalized spacial score (nSPS) is 19.2. The highest BCUT2D eigenvalue weighted by molar-refractivity contribution is 7.93. The molecule has 0 amide bonds. The third-order valence-electron chi connectivity index (χ3n) is 5.57. The van der Waals surface area contributed by atoms with Gasteiger partial charge in [0.05, 0.1) is 17.6 Å². The topological polar surface area (TPSA) is 55.2 Å². The number of hydrogen-bond donors (Lipinski definition) is 0. The number of rotatable bonds is 2. The van der Waals surface area contributed by atoms with Crippen LogP contribution in [0.4, 0.5) is 10.1 Å². The van der Waals surface area contributed by atoms with Crippen LogP contribution >= 0.6 is 0 Å². The van der Waals surface area contributed by atoms with Crippen LogP contribution in [0.25, 0.3) is 0 Å². The van der Waals surface area contributed by atoms with E-state index in [-0.39, 0.29) is 16.0 Å². The van der Waals surface area contributed by atoms with Gasteiger partial charge in [0, 0.05) is 19.0 Å². The molecule has 5 nitrogen and oxygen atoms in total. The first-order valence-electron chi connectivity index (χ1n) is 8.17. The Labute approximate surface area is 141 Å². The van der Waals surface area contributed by atoms with Crippen molar-refractivity contribution in [1.29, 1.82) is 0 Å². The fourth-order valence-corrected chi connectivity index (χ4v) is 5.94. The van der Waals surface area contributed by atoms with Crippen LogP contribution in [-0.2, 0) is 22.5 Å². The van der Waals surface area contributed by atoms with Crippen molar-refractivity contribution in [1.82, 2.24) is 9.78 Å². The van der Waals surface area contributed by atoms with Crippen molar-refractivity contribution in [3.63, 3.8) is 0 Å². The number of halogens is 1. The summed E-state index contributed by atoms with van der Waals surface area (Å²) >= 11 is 0. The highest BCUT2D eigenvalue weighted by Gasteiger charge is 2.49. The Hall–Kier alpha value is -1.89. The van der Waals surface area contributed by atoms with E-state index in [1.807, 2.05) is 6.07 Å². The summed E-state index contributed by atoms with van der Waals surface area (Å²) in [4.78, 5) is 0.147. The van der Waals surface area contributed by atoms with Crippen molar-refractivity contribution >= 4 is 15.7 Å². The largest absolute Gasteiger partial charge is 0.272 e. The number of fused-ring (bicyclic) bond motifs is 2. The van der Waals surface area contributed by atoms with Gasteiger partial charge in [-0.15, -0.1) is 0 Å². The van der Waals surface area contributed by atoms with E-state index in [0.717, 1.165) is 31.2 Å². The third-order valence-corrected chi connectivity index (χ3v) is 7.42. The van der Waals surface area contributed by atoms with Crippen molar-refractivity contribution in [3.8, 4) is 0 Å². The second-order valence-corrected chi connectivity index (χ2v) is 8.68. The fourth-order valence-electron chi connectivity index (χ4n) is 4.17. The van der Waals surface area contributed by atoms with Crippen molar-refractivity contribution < 1.29 is 12.8 Å². The van der Waals surface area contributed by atoms with E-state index >= 15 is 0 Å². The quantitative estimate of drug-likeness (QED) is 0.838. The van der Waals surface area contributed by atoms with Gasteiger partial charge >= 0.3 is 0 Å². The summed E-state index contributed by atoms with van der Waals surface area (Å²) in [5.74, 6) is -0.471. The number of aromatic nitrogens is 2.